The Hall–Kier alpha value is -3.28. The monoisotopic (exact) mass is 315 g/mol. The molecule has 0 bridgehead atoms. The SMILES string of the molecule is Bc1ccc(NC2=CC(=O)/C(=C/c3c[nH]c4ncccc34)O2)cc1. The molecule has 0 unspecified atom stereocenters. The van der Waals surface area contributed by atoms with Crippen LogP contribution in [0.4, 0.5) is 5.69 Å². The second-order valence-electron chi connectivity index (χ2n) is 5.62. The molecule has 2 N–H and O–H groups in total. The van der Waals surface area contributed by atoms with Crippen molar-refractivity contribution in [2.24, 2.45) is 0 Å². The third kappa shape index (κ3) is 2.69. The van der Waals surface area contributed by atoms with Crippen LogP contribution in [0.3, 0.4) is 0 Å². The van der Waals surface area contributed by atoms with Gasteiger partial charge in [0.25, 0.3) is 0 Å². The number of nitrogens with one attached hydrogen (secondary N) is 2. The molecule has 1 aliphatic rings. The summed E-state index contributed by atoms with van der Waals surface area (Å²) < 4.78 is 5.66. The summed E-state index contributed by atoms with van der Waals surface area (Å²) in [6.45, 7) is 0. The molecule has 0 aliphatic carbocycles. The smallest absolute Gasteiger partial charge is 0.226 e. The summed E-state index contributed by atoms with van der Waals surface area (Å²) in [6.07, 6.45) is 6.72. The maximum absolute atomic E-state index is 12.2. The number of ether oxygens (including phenoxy) is 1. The highest BCUT2D eigenvalue weighted by Crippen LogP contribution is 2.24. The first kappa shape index (κ1) is 14.3. The van der Waals surface area contributed by atoms with Crippen molar-refractivity contribution in [3.63, 3.8) is 0 Å². The van der Waals surface area contributed by atoms with E-state index in [9.17, 15) is 4.79 Å². The molecule has 116 valence electrons. The maximum Gasteiger partial charge on any atom is 0.226 e. The molecular formula is C18H14BN3O2. The minimum absolute atomic E-state index is 0.164. The summed E-state index contributed by atoms with van der Waals surface area (Å²) in [5.41, 5.74) is 3.69. The average Bonchev–Trinajstić information content (AvgIpc) is 3.14. The molecule has 24 heavy (non-hydrogen) atoms. The summed E-state index contributed by atoms with van der Waals surface area (Å²) >= 11 is 0. The second kappa shape index (κ2) is 5.74. The van der Waals surface area contributed by atoms with Gasteiger partial charge < -0.3 is 15.0 Å². The van der Waals surface area contributed by atoms with Crippen LogP contribution in [0.2, 0.25) is 0 Å². The number of aromatic nitrogens is 2. The number of allylic oxidation sites excluding steroid dienone is 1. The van der Waals surface area contributed by atoms with E-state index >= 15 is 0 Å². The van der Waals surface area contributed by atoms with E-state index in [2.05, 4.69) is 15.3 Å². The third-order valence-corrected chi connectivity index (χ3v) is 3.81. The normalized spacial score (nSPS) is 15.6. The number of carbonyl (C=O) groups excluding carboxylic acids is 1. The molecule has 1 aliphatic heterocycles. The molecule has 0 fully saturated rings. The Labute approximate surface area is 139 Å². The van der Waals surface area contributed by atoms with Crippen LogP contribution in [0.1, 0.15) is 5.56 Å². The summed E-state index contributed by atoms with van der Waals surface area (Å²) in [4.78, 5) is 19.5. The van der Waals surface area contributed by atoms with Crippen molar-refractivity contribution in [1.29, 1.82) is 0 Å². The molecule has 3 heterocycles. The Bertz CT molecular complexity index is 987. The summed E-state index contributed by atoms with van der Waals surface area (Å²) in [7, 11) is 2.02. The lowest BCUT2D eigenvalue weighted by atomic mass is 9.96. The van der Waals surface area contributed by atoms with Gasteiger partial charge in [0.05, 0.1) is 6.08 Å². The van der Waals surface area contributed by atoms with Gasteiger partial charge in [-0.15, -0.1) is 0 Å². The van der Waals surface area contributed by atoms with Crippen molar-refractivity contribution in [3.05, 3.63) is 72.1 Å². The van der Waals surface area contributed by atoms with Gasteiger partial charge in [-0.1, -0.05) is 17.6 Å². The first-order chi connectivity index (χ1) is 11.7. The molecule has 0 saturated carbocycles. The number of aromatic amines is 1. The Morgan fingerprint density at radius 1 is 1.21 bits per heavy atom. The lowest BCUT2D eigenvalue weighted by Gasteiger charge is -2.07. The number of pyridine rings is 1. The number of hydrogen-bond donors (Lipinski definition) is 2. The topological polar surface area (TPSA) is 67.0 Å². The van der Waals surface area contributed by atoms with E-state index in [0.717, 1.165) is 22.3 Å². The van der Waals surface area contributed by atoms with Gasteiger partial charge in [0.15, 0.2) is 5.76 Å². The lowest BCUT2D eigenvalue weighted by Crippen LogP contribution is -2.03. The van der Waals surface area contributed by atoms with Crippen molar-refractivity contribution < 1.29 is 9.53 Å². The molecule has 1 aromatic carbocycles. The molecule has 0 saturated heterocycles. The van der Waals surface area contributed by atoms with Gasteiger partial charge >= 0.3 is 0 Å². The highest BCUT2D eigenvalue weighted by atomic mass is 16.5. The number of hydrogen-bond acceptors (Lipinski definition) is 4. The van der Waals surface area contributed by atoms with Gasteiger partial charge in [-0.05, 0) is 30.3 Å². The summed E-state index contributed by atoms with van der Waals surface area (Å²) in [5.74, 6) is 0.547. The minimum atomic E-state index is -0.164. The van der Waals surface area contributed by atoms with Crippen LogP contribution in [-0.4, -0.2) is 23.6 Å². The van der Waals surface area contributed by atoms with E-state index < -0.39 is 0 Å². The van der Waals surface area contributed by atoms with Crippen LogP contribution < -0.4 is 10.8 Å². The van der Waals surface area contributed by atoms with Crippen LogP contribution in [-0.2, 0) is 9.53 Å². The van der Waals surface area contributed by atoms with Crippen molar-refractivity contribution >= 4 is 41.9 Å². The molecule has 4 rings (SSSR count). The van der Waals surface area contributed by atoms with Crippen molar-refractivity contribution in [2.75, 3.05) is 5.32 Å². The molecular weight excluding hydrogens is 301 g/mol. The summed E-state index contributed by atoms with van der Waals surface area (Å²) in [5, 5.41) is 4.05. The lowest BCUT2D eigenvalue weighted by molar-refractivity contribution is -0.112. The van der Waals surface area contributed by atoms with E-state index in [1.54, 1.807) is 12.3 Å². The first-order valence-electron chi connectivity index (χ1n) is 7.60. The van der Waals surface area contributed by atoms with Crippen molar-refractivity contribution in [3.8, 4) is 0 Å². The molecule has 5 nitrogen and oxygen atoms in total. The standard InChI is InChI=1S/C18H14BN3O2/c19-12-3-5-13(6-4-12)22-17-9-15(23)16(24-17)8-11-10-21-18-14(11)2-1-7-20-18/h1-10,22H,19H2,(H,20,21)/b16-8-. The Kier molecular flexibility index (Phi) is 3.42. The molecule has 0 atom stereocenters. The van der Waals surface area contributed by atoms with Crippen LogP contribution in [0.5, 0.6) is 0 Å². The largest absolute Gasteiger partial charge is 0.437 e. The fourth-order valence-corrected chi connectivity index (χ4v) is 2.57. The van der Waals surface area contributed by atoms with Crippen LogP contribution in [0.15, 0.2) is 66.5 Å². The fourth-order valence-electron chi connectivity index (χ4n) is 2.57. The van der Waals surface area contributed by atoms with Gasteiger partial charge in [-0.2, -0.15) is 0 Å². The van der Waals surface area contributed by atoms with Gasteiger partial charge in [0.1, 0.15) is 13.5 Å². The number of carbonyl (C=O) groups is 1. The molecule has 0 radical (unpaired) electrons. The molecule has 0 spiro atoms. The van der Waals surface area contributed by atoms with E-state index in [1.165, 1.54) is 11.5 Å². The quantitative estimate of drug-likeness (QED) is 0.570. The van der Waals surface area contributed by atoms with E-state index in [1.807, 2.05) is 50.4 Å². The highest BCUT2D eigenvalue weighted by molar-refractivity contribution is 6.32. The summed E-state index contributed by atoms with van der Waals surface area (Å²) in [6, 6.07) is 11.7. The molecule has 2 aromatic heterocycles. The van der Waals surface area contributed by atoms with Crippen molar-refractivity contribution in [2.45, 2.75) is 0 Å². The van der Waals surface area contributed by atoms with Crippen LogP contribution in [0.25, 0.3) is 17.1 Å². The predicted molar refractivity (Wildman–Crippen MR) is 96.5 cm³/mol. The number of anilines is 1. The number of rotatable bonds is 3. The van der Waals surface area contributed by atoms with E-state index in [-0.39, 0.29) is 11.5 Å². The minimum Gasteiger partial charge on any atom is -0.437 e. The van der Waals surface area contributed by atoms with Crippen LogP contribution >= 0.6 is 0 Å². The molecule has 3 aromatic rings. The van der Waals surface area contributed by atoms with E-state index in [0.29, 0.717) is 5.88 Å². The Morgan fingerprint density at radius 2 is 2.04 bits per heavy atom. The van der Waals surface area contributed by atoms with Gasteiger partial charge in [-0.3, -0.25) is 4.79 Å². The average molecular weight is 315 g/mol. The van der Waals surface area contributed by atoms with Crippen molar-refractivity contribution in [1.82, 2.24) is 9.97 Å². The second-order valence-corrected chi connectivity index (χ2v) is 5.62. The Morgan fingerprint density at radius 3 is 2.88 bits per heavy atom. The number of ketones is 1. The third-order valence-electron chi connectivity index (χ3n) is 3.81. The zero-order chi connectivity index (χ0) is 16.5. The van der Waals surface area contributed by atoms with Crippen LogP contribution in [0, 0.1) is 0 Å². The number of benzene rings is 1. The zero-order valence-corrected chi connectivity index (χ0v) is 13.0. The van der Waals surface area contributed by atoms with Gasteiger partial charge in [-0.25, -0.2) is 4.98 Å². The number of nitrogens with zero attached hydrogens (tertiary/aromatic N) is 1. The molecule has 0 amide bonds. The highest BCUT2D eigenvalue weighted by Gasteiger charge is 2.21. The van der Waals surface area contributed by atoms with E-state index in [4.69, 9.17) is 4.74 Å². The fraction of sp³-hybridized carbons (Fsp3) is 0. The zero-order valence-electron chi connectivity index (χ0n) is 13.0. The number of H-pyrrole nitrogens is 1. The first-order valence-corrected chi connectivity index (χ1v) is 7.60. The maximum atomic E-state index is 12.2. The number of fused-ring (bicyclic) bond motifs is 1. The Balaban J connectivity index is 1.56. The predicted octanol–water partition coefficient (Wildman–Crippen LogP) is 1.71. The van der Waals surface area contributed by atoms with Gasteiger partial charge in [0, 0.05) is 29.0 Å². The van der Waals surface area contributed by atoms with Gasteiger partial charge in [0.2, 0.25) is 11.7 Å². The molecule has 6 heteroatoms.